The van der Waals surface area contributed by atoms with Crippen LogP contribution in [0.1, 0.15) is 16.7 Å². The molecule has 0 bridgehead atoms. The van der Waals surface area contributed by atoms with E-state index in [9.17, 15) is 18.0 Å². The summed E-state index contributed by atoms with van der Waals surface area (Å²) >= 11 is 6.12. The second kappa shape index (κ2) is 15.0. The average Bonchev–Trinajstić information content (AvgIpc) is 3.05. The van der Waals surface area contributed by atoms with Gasteiger partial charge >= 0.3 is 0 Å². The SMILES string of the molecule is CNC(=O)C(Cc1ccccc1)N(Cc1ccc(Cl)cc1)C(=O)CN(c1ccc(OC)c(OC)c1)S(=O)(=O)c1ccc(C)cc1. The predicted molar refractivity (Wildman–Crippen MR) is 175 cm³/mol. The van der Waals surface area contributed by atoms with Crippen molar-refractivity contribution in [2.45, 2.75) is 30.8 Å². The Hall–Kier alpha value is -4.54. The molecule has 1 N–H and O–H groups in total. The molecule has 0 radical (unpaired) electrons. The van der Waals surface area contributed by atoms with E-state index in [0.29, 0.717) is 16.3 Å². The summed E-state index contributed by atoms with van der Waals surface area (Å²) in [6.45, 7) is 1.29. The minimum Gasteiger partial charge on any atom is -0.493 e. The van der Waals surface area contributed by atoms with Gasteiger partial charge in [-0.05, 0) is 54.4 Å². The van der Waals surface area contributed by atoms with Crippen LogP contribution in [0.2, 0.25) is 5.02 Å². The number of ether oxygens (including phenoxy) is 2. The molecular formula is C34H36ClN3O6S. The molecule has 0 aliphatic carbocycles. The molecule has 4 rings (SSSR count). The fourth-order valence-electron chi connectivity index (χ4n) is 4.85. The van der Waals surface area contributed by atoms with Gasteiger partial charge in [0.05, 0.1) is 24.8 Å². The molecule has 0 aliphatic heterocycles. The van der Waals surface area contributed by atoms with Gasteiger partial charge in [-0.25, -0.2) is 8.42 Å². The summed E-state index contributed by atoms with van der Waals surface area (Å²) in [7, 11) is 0.157. The number of halogens is 1. The second-order valence-electron chi connectivity index (χ2n) is 10.3. The van der Waals surface area contributed by atoms with Crippen molar-refractivity contribution in [3.8, 4) is 11.5 Å². The fraction of sp³-hybridized carbons (Fsp3) is 0.235. The molecular weight excluding hydrogens is 614 g/mol. The molecule has 0 spiro atoms. The summed E-state index contributed by atoms with van der Waals surface area (Å²) in [4.78, 5) is 29.2. The Bertz CT molecular complexity index is 1720. The number of hydrogen-bond donors (Lipinski definition) is 1. The van der Waals surface area contributed by atoms with Crippen LogP contribution >= 0.6 is 11.6 Å². The standard InChI is InChI=1S/C34H36ClN3O6S/c1-24-10-17-29(18-11-24)45(41,42)38(28-16-19-31(43-3)32(21-28)44-4)23-33(39)37(22-26-12-14-27(35)15-13-26)30(34(40)36-2)20-25-8-6-5-7-9-25/h5-19,21,30H,20,22-23H2,1-4H3,(H,36,40). The maximum atomic E-state index is 14.4. The number of nitrogens with zero attached hydrogens (tertiary/aromatic N) is 2. The highest BCUT2D eigenvalue weighted by Gasteiger charge is 2.34. The summed E-state index contributed by atoms with van der Waals surface area (Å²) in [5, 5.41) is 3.19. The van der Waals surface area contributed by atoms with Gasteiger partial charge in [0, 0.05) is 31.1 Å². The molecule has 0 saturated heterocycles. The van der Waals surface area contributed by atoms with Crippen LogP contribution in [0.15, 0.2) is 102 Å². The van der Waals surface area contributed by atoms with Crippen LogP contribution in [0.5, 0.6) is 11.5 Å². The lowest BCUT2D eigenvalue weighted by atomic mass is 10.0. The van der Waals surface area contributed by atoms with E-state index in [-0.39, 0.29) is 35.2 Å². The highest BCUT2D eigenvalue weighted by molar-refractivity contribution is 7.92. The number of nitrogens with one attached hydrogen (secondary N) is 1. The van der Waals surface area contributed by atoms with Gasteiger partial charge in [-0.2, -0.15) is 0 Å². The van der Waals surface area contributed by atoms with Crippen molar-refractivity contribution in [3.05, 3.63) is 119 Å². The summed E-state index contributed by atoms with van der Waals surface area (Å²) in [6.07, 6.45) is 0.209. The number of amides is 2. The van der Waals surface area contributed by atoms with Crippen molar-refractivity contribution in [2.24, 2.45) is 0 Å². The van der Waals surface area contributed by atoms with Crippen molar-refractivity contribution in [3.63, 3.8) is 0 Å². The Kier molecular flexibility index (Phi) is 11.1. The first-order chi connectivity index (χ1) is 21.6. The van der Waals surface area contributed by atoms with E-state index in [1.165, 1.54) is 44.4 Å². The Morgan fingerprint density at radius 1 is 0.844 bits per heavy atom. The Labute approximate surface area is 269 Å². The molecule has 4 aromatic rings. The van der Waals surface area contributed by atoms with Crippen LogP contribution in [-0.4, -0.2) is 59.0 Å². The Morgan fingerprint density at radius 2 is 1.49 bits per heavy atom. The molecule has 11 heteroatoms. The van der Waals surface area contributed by atoms with Gasteiger partial charge in [0.15, 0.2) is 11.5 Å². The van der Waals surface area contributed by atoms with Gasteiger partial charge < -0.3 is 19.7 Å². The predicted octanol–water partition coefficient (Wildman–Crippen LogP) is 5.25. The van der Waals surface area contributed by atoms with Gasteiger partial charge in [0.2, 0.25) is 11.8 Å². The monoisotopic (exact) mass is 649 g/mol. The van der Waals surface area contributed by atoms with E-state index in [1.807, 2.05) is 37.3 Å². The third-order valence-electron chi connectivity index (χ3n) is 7.33. The number of likely N-dealkylation sites (N-methyl/N-ethyl adjacent to an activating group) is 1. The van der Waals surface area contributed by atoms with Gasteiger partial charge in [0.25, 0.3) is 10.0 Å². The maximum absolute atomic E-state index is 14.4. The molecule has 1 atom stereocenters. The topological polar surface area (TPSA) is 105 Å². The number of anilines is 1. The van der Waals surface area contributed by atoms with Gasteiger partial charge in [-0.15, -0.1) is 0 Å². The van der Waals surface area contributed by atoms with Gasteiger partial charge in [0.1, 0.15) is 12.6 Å². The Balaban J connectivity index is 1.82. The fourth-order valence-corrected chi connectivity index (χ4v) is 6.39. The molecule has 1 unspecified atom stereocenters. The van der Waals surface area contributed by atoms with Crippen LogP contribution in [0.3, 0.4) is 0 Å². The number of sulfonamides is 1. The summed E-state index contributed by atoms with van der Waals surface area (Å²) in [6, 6.07) is 26.3. The van der Waals surface area contributed by atoms with Crippen LogP contribution in [0.25, 0.3) is 0 Å². The zero-order valence-corrected chi connectivity index (χ0v) is 27.1. The lowest BCUT2D eigenvalue weighted by Crippen LogP contribution is -2.53. The third-order valence-corrected chi connectivity index (χ3v) is 9.37. The number of methoxy groups -OCH3 is 2. The second-order valence-corrected chi connectivity index (χ2v) is 12.6. The quantitative estimate of drug-likeness (QED) is 0.212. The minimum absolute atomic E-state index is 0.00655. The molecule has 4 aromatic carbocycles. The molecule has 0 aromatic heterocycles. The van der Waals surface area contributed by atoms with Crippen molar-refractivity contribution in [1.29, 1.82) is 0 Å². The van der Waals surface area contributed by atoms with E-state index in [2.05, 4.69) is 5.32 Å². The normalized spacial score (nSPS) is 11.8. The van der Waals surface area contributed by atoms with Crippen molar-refractivity contribution in [2.75, 3.05) is 32.1 Å². The minimum atomic E-state index is -4.26. The van der Waals surface area contributed by atoms with E-state index < -0.39 is 28.5 Å². The van der Waals surface area contributed by atoms with Crippen molar-refractivity contribution >= 4 is 39.1 Å². The van der Waals surface area contributed by atoms with E-state index in [1.54, 1.807) is 48.5 Å². The summed E-state index contributed by atoms with van der Waals surface area (Å²) < 4.78 is 40.2. The van der Waals surface area contributed by atoms with Gasteiger partial charge in [-0.1, -0.05) is 71.8 Å². The summed E-state index contributed by atoms with van der Waals surface area (Å²) in [5.41, 5.74) is 2.62. The largest absolute Gasteiger partial charge is 0.493 e. The van der Waals surface area contributed by atoms with Crippen molar-refractivity contribution < 1.29 is 27.5 Å². The first-order valence-corrected chi connectivity index (χ1v) is 16.0. The zero-order valence-electron chi connectivity index (χ0n) is 25.6. The molecule has 0 aliphatic rings. The highest BCUT2D eigenvalue weighted by atomic mass is 35.5. The molecule has 45 heavy (non-hydrogen) atoms. The number of benzene rings is 4. The zero-order chi connectivity index (χ0) is 32.6. The first-order valence-electron chi connectivity index (χ1n) is 14.2. The van der Waals surface area contributed by atoms with Crippen LogP contribution in [-0.2, 0) is 32.6 Å². The number of hydrogen-bond acceptors (Lipinski definition) is 6. The molecule has 0 fully saturated rings. The molecule has 236 valence electrons. The smallest absolute Gasteiger partial charge is 0.264 e. The first kappa shape index (κ1) is 33.4. The molecule has 9 nitrogen and oxygen atoms in total. The van der Waals surface area contributed by atoms with Crippen LogP contribution in [0.4, 0.5) is 5.69 Å². The highest BCUT2D eigenvalue weighted by Crippen LogP contribution is 2.34. The molecule has 2 amide bonds. The lowest BCUT2D eigenvalue weighted by molar-refractivity contribution is -0.139. The van der Waals surface area contributed by atoms with Crippen molar-refractivity contribution in [1.82, 2.24) is 10.2 Å². The number of carbonyl (C=O) groups excluding carboxylic acids is 2. The third kappa shape index (κ3) is 8.14. The summed E-state index contributed by atoms with van der Waals surface area (Å²) in [5.74, 6) is -0.288. The lowest BCUT2D eigenvalue weighted by Gasteiger charge is -2.33. The number of carbonyl (C=O) groups is 2. The molecule has 0 saturated carbocycles. The van der Waals surface area contributed by atoms with E-state index in [0.717, 1.165) is 15.4 Å². The van der Waals surface area contributed by atoms with E-state index in [4.69, 9.17) is 21.1 Å². The van der Waals surface area contributed by atoms with Gasteiger partial charge in [-0.3, -0.25) is 13.9 Å². The average molecular weight is 650 g/mol. The Morgan fingerprint density at radius 3 is 2.09 bits per heavy atom. The molecule has 0 heterocycles. The number of aryl methyl sites for hydroxylation is 1. The van der Waals surface area contributed by atoms with Crippen LogP contribution < -0.4 is 19.1 Å². The maximum Gasteiger partial charge on any atom is 0.264 e. The van der Waals surface area contributed by atoms with E-state index >= 15 is 0 Å². The number of rotatable bonds is 13. The van der Waals surface area contributed by atoms with Crippen LogP contribution in [0, 0.1) is 6.92 Å².